The molecule has 1 aliphatic carbocycles. The molecule has 0 bridgehead atoms. The maximum atomic E-state index is 12.2. The van der Waals surface area contributed by atoms with Gasteiger partial charge in [0.1, 0.15) is 4.75 Å². The molecule has 19 heavy (non-hydrogen) atoms. The Kier molecular flexibility index (Phi) is 4.07. The van der Waals surface area contributed by atoms with Gasteiger partial charge in [0.15, 0.2) is 0 Å². The third-order valence-corrected chi connectivity index (χ3v) is 5.45. The van der Waals surface area contributed by atoms with Crippen LogP contribution in [0.25, 0.3) is 0 Å². The highest BCUT2D eigenvalue weighted by Gasteiger charge is 2.54. The molecule has 0 radical (unpaired) electrons. The summed E-state index contributed by atoms with van der Waals surface area (Å²) in [7, 11) is -0.326. The average molecular weight is 286 g/mol. The van der Waals surface area contributed by atoms with E-state index in [1.807, 2.05) is 0 Å². The summed E-state index contributed by atoms with van der Waals surface area (Å²) in [5, 5.41) is 0. The van der Waals surface area contributed by atoms with Crippen molar-refractivity contribution in [3.63, 3.8) is 0 Å². The summed E-state index contributed by atoms with van der Waals surface area (Å²) >= 11 is 0. The molecule has 1 saturated carbocycles. The molecule has 7 heteroatoms. The van der Waals surface area contributed by atoms with Crippen LogP contribution in [0.1, 0.15) is 18.4 Å². The molecular weight excluding hydrogens is 268 g/mol. The van der Waals surface area contributed by atoms with E-state index >= 15 is 0 Å². The maximum Gasteiger partial charge on any atom is 0.219 e. The van der Waals surface area contributed by atoms with Crippen LogP contribution in [0, 0.1) is 0 Å². The summed E-state index contributed by atoms with van der Waals surface area (Å²) in [6.07, 6.45) is 2.89. The van der Waals surface area contributed by atoms with E-state index in [1.54, 1.807) is 18.3 Å². The van der Waals surface area contributed by atoms with Crippen molar-refractivity contribution in [2.45, 2.75) is 24.1 Å². The minimum atomic E-state index is -3.36. The normalized spacial score (nSPS) is 17.2. The molecule has 0 spiro atoms. The van der Waals surface area contributed by atoms with E-state index < -0.39 is 14.8 Å². The van der Waals surface area contributed by atoms with Crippen LogP contribution in [-0.2, 0) is 21.3 Å². The lowest BCUT2D eigenvalue weighted by Crippen LogP contribution is -2.38. The van der Waals surface area contributed by atoms with Gasteiger partial charge in [-0.25, -0.2) is 18.1 Å². The number of nitrogens with zero attached hydrogens (tertiary/aromatic N) is 1. The van der Waals surface area contributed by atoms with Gasteiger partial charge in [0, 0.05) is 25.9 Å². The topological polar surface area (TPSA) is 77.5 Å². The number of pyridine rings is 1. The van der Waals surface area contributed by atoms with Crippen LogP contribution in [0.3, 0.4) is 0 Å². The van der Waals surface area contributed by atoms with E-state index in [1.165, 1.54) is 14.2 Å². The van der Waals surface area contributed by atoms with Gasteiger partial charge in [0.05, 0.1) is 13.7 Å². The Labute approximate surface area is 113 Å². The Morgan fingerprint density at radius 3 is 2.74 bits per heavy atom. The molecule has 0 unspecified atom stereocenters. The zero-order valence-corrected chi connectivity index (χ0v) is 11.9. The van der Waals surface area contributed by atoms with Crippen molar-refractivity contribution in [3.05, 3.63) is 23.9 Å². The molecule has 0 atom stereocenters. The zero-order chi connectivity index (χ0) is 13.9. The van der Waals surface area contributed by atoms with Crippen LogP contribution in [0.4, 0.5) is 0 Å². The van der Waals surface area contributed by atoms with Gasteiger partial charge in [0.25, 0.3) is 0 Å². The SMILES string of the molecule is COCC1(S(=O)(=O)NCc2ccnc(OC)c2)CC1. The maximum absolute atomic E-state index is 12.2. The van der Waals surface area contributed by atoms with Crippen molar-refractivity contribution in [3.8, 4) is 5.88 Å². The Balaban J connectivity index is 2.02. The van der Waals surface area contributed by atoms with Crippen LogP contribution in [0.5, 0.6) is 5.88 Å². The molecule has 0 amide bonds. The van der Waals surface area contributed by atoms with Crippen molar-refractivity contribution >= 4 is 10.0 Å². The third-order valence-electron chi connectivity index (χ3n) is 3.26. The number of nitrogens with one attached hydrogen (secondary N) is 1. The molecule has 1 aromatic rings. The van der Waals surface area contributed by atoms with E-state index in [4.69, 9.17) is 9.47 Å². The molecule has 1 aromatic heterocycles. The van der Waals surface area contributed by atoms with Crippen molar-refractivity contribution in [2.24, 2.45) is 0 Å². The van der Waals surface area contributed by atoms with Crippen molar-refractivity contribution in [1.29, 1.82) is 0 Å². The van der Waals surface area contributed by atoms with Crippen molar-refractivity contribution in [1.82, 2.24) is 9.71 Å². The largest absolute Gasteiger partial charge is 0.481 e. The highest BCUT2D eigenvalue weighted by atomic mass is 32.2. The quantitative estimate of drug-likeness (QED) is 0.798. The minimum absolute atomic E-state index is 0.229. The first-order chi connectivity index (χ1) is 9.03. The number of rotatable bonds is 7. The van der Waals surface area contributed by atoms with E-state index in [2.05, 4.69) is 9.71 Å². The van der Waals surface area contributed by atoms with E-state index in [9.17, 15) is 8.42 Å². The molecule has 0 aromatic carbocycles. The first kappa shape index (κ1) is 14.2. The molecule has 0 aliphatic heterocycles. The number of aromatic nitrogens is 1. The Morgan fingerprint density at radius 2 is 2.16 bits per heavy atom. The van der Waals surface area contributed by atoms with Gasteiger partial charge in [-0.05, 0) is 24.5 Å². The average Bonchev–Trinajstić information content (AvgIpc) is 3.19. The third kappa shape index (κ3) is 3.05. The molecule has 106 valence electrons. The van der Waals surface area contributed by atoms with E-state index in [0.717, 1.165) is 5.56 Å². The number of sulfonamides is 1. The van der Waals surface area contributed by atoms with Crippen LogP contribution in [-0.4, -0.2) is 39.0 Å². The highest BCUT2D eigenvalue weighted by Crippen LogP contribution is 2.43. The fourth-order valence-corrected chi connectivity index (χ4v) is 3.47. The summed E-state index contributed by atoms with van der Waals surface area (Å²) in [6.45, 7) is 0.467. The van der Waals surface area contributed by atoms with Gasteiger partial charge < -0.3 is 9.47 Å². The number of methoxy groups -OCH3 is 2. The highest BCUT2D eigenvalue weighted by molar-refractivity contribution is 7.91. The van der Waals surface area contributed by atoms with Gasteiger partial charge in [-0.15, -0.1) is 0 Å². The molecule has 1 aliphatic rings. The fraction of sp³-hybridized carbons (Fsp3) is 0.583. The second-order valence-electron chi connectivity index (χ2n) is 4.65. The molecule has 1 N–H and O–H groups in total. The predicted octanol–water partition coefficient (Wildman–Crippen LogP) is 0.689. The van der Waals surface area contributed by atoms with Gasteiger partial charge in [-0.2, -0.15) is 0 Å². The van der Waals surface area contributed by atoms with Crippen molar-refractivity contribution in [2.75, 3.05) is 20.8 Å². The molecule has 1 heterocycles. The van der Waals surface area contributed by atoms with E-state index in [-0.39, 0.29) is 13.2 Å². The summed E-state index contributed by atoms with van der Waals surface area (Å²) in [6, 6.07) is 3.46. The lowest BCUT2D eigenvalue weighted by molar-refractivity contribution is 0.191. The Morgan fingerprint density at radius 1 is 1.42 bits per heavy atom. The lowest BCUT2D eigenvalue weighted by atomic mass is 10.3. The molecule has 0 saturated heterocycles. The van der Waals surface area contributed by atoms with Gasteiger partial charge in [-0.3, -0.25) is 0 Å². The second kappa shape index (κ2) is 5.44. The van der Waals surface area contributed by atoms with Crippen LogP contribution >= 0.6 is 0 Å². The predicted molar refractivity (Wildman–Crippen MR) is 70.4 cm³/mol. The van der Waals surface area contributed by atoms with Crippen LogP contribution in [0.15, 0.2) is 18.3 Å². The van der Waals surface area contributed by atoms with Crippen LogP contribution in [0.2, 0.25) is 0 Å². The van der Waals surface area contributed by atoms with Crippen molar-refractivity contribution < 1.29 is 17.9 Å². The zero-order valence-electron chi connectivity index (χ0n) is 11.0. The molecule has 6 nitrogen and oxygen atoms in total. The summed E-state index contributed by atoms with van der Waals surface area (Å²) < 4.78 is 36.3. The smallest absolute Gasteiger partial charge is 0.219 e. The molecule has 2 rings (SSSR count). The first-order valence-electron chi connectivity index (χ1n) is 6.00. The van der Waals surface area contributed by atoms with Gasteiger partial charge >= 0.3 is 0 Å². The second-order valence-corrected chi connectivity index (χ2v) is 6.81. The monoisotopic (exact) mass is 286 g/mol. The molecular formula is C12H18N2O4S. The Bertz CT molecular complexity index is 540. The minimum Gasteiger partial charge on any atom is -0.481 e. The summed E-state index contributed by atoms with van der Waals surface area (Å²) in [5.41, 5.74) is 0.809. The summed E-state index contributed by atoms with van der Waals surface area (Å²) in [4.78, 5) is 3.97. The number of hydrogen-bond donors (Lipinski definition) is 1. The lowest BCUT2D eigenvalue weighted by Gasteiger charge is -2.16. The molecule has 1 fully saturated rings. The van der Waals surface area contributed by atoms with E-state index in [0.29, 0.717) is 18.7 Å². The fourth-order valence-electron chi connectivity index (χ4n) is 1.90. The number of hydrogen-bond acceptors (Lipinski definition) is 5. The van der Waals surface area contributed by atoms with Crippen LogP contribution < -0.4 is 9.46 Å². The van der Waals surface area contributed by atoms with Gasteiger partial charge in [0.2, 0.25) is 15.9 Å². The van der Waals surface area contributed by atoms with Gasteiger partial charge in [-0.1, -0.05) is 0 Å². The first-order valence-corrected chi connectivity index (χ1v) is 7.48. The summed E-state index contributed by atoms with van der Waals surface area (Å²) in [5.74, 6) is 0.467. The standard InChI is InChI=1S/C12H18N2O4S/c1-17-9-12(4-5-12)19(15,16)14-8-10-3-6-13-11(7-10)18-2/h3,6-7,14H,4-5,8-9H2,1-2H3. The Hall–Kier alpha value is -1.18. The number of ether oxygens (including phenoxy) is 2.